The lowest BCUT2D eigenvalue weighted by Gasteiger charge is -2.18. The lowest BCUT2D eigenvalue weighted by Crippen LogP contribution is -2.21. The van der Waals surface area contributed by atoms with Crippen molar-refractivity contribution in [1.29, 1.82) is 0 Å². The van der Waals surface area contributed by atoms with E-state index in [1.54, 1.807) is 0 Å². The summed E-state index contributed by atoms with van der Waals surface area (Å²) in [6.45, 7) is 7.97. The number of carbonyl (C=O) groups excluding carboxylic acids is 1. The first-order valence-corrected chi connectivity index (χ1v) is 6.05. The molecule has 1 aromatic rings. The van der Waals surface area contributed by atoms with Gasteiger partial charge in [0.2, 0.25) is 0 Å². The quantitative estimate of drug-likeness (QED) is 0.680. The van der Waals surface area contributed by atoms with Gasteiger partial charge in [-0.1, -0.05) is 39.0 Å². The lowest BCUT2D eigenvalue weighted by molar-refractivity contribution is 0.0857. The van der Waals surface area contributed by atoms with Gasteiger partial charge >= 0.3 is 0 Å². The third-order valence-electron chi connectivity index (χ3n) is 3.23. The number of hydrogen-bond donors (Lipinski definition) is 0. The number of benzene rings is 1. The van der Waals surface area contributed by atoms with Gasteiger partial charge in [-0.05, 0) is 36.8 Å². The van der Waals surface area contributed by atoms with Crippen molar-refractivity contribution in [2.45, 2.75) is 46.5 Å². The maximum atomic E-state index is 12.2. The van der Waals surface area contributed by atoms with Crippen LogP contribution in [0.5, 0.6) is 0 Å². The van der Waals surface area contributed by atoms with Crippen LogP contribution in [0.4, 0.5) is 0 Å². The van der Waals surface area contributed by atoms with Crippen molar-refractivity contribution in [3.05, 3.63) is 34.9 Å². The number of Topliss-reactive ketones (excluding diaryl/α,β-unsaturated/α-hetero) is 1. The third kappa shape index (κ3) is 2.18. The van der Waals surface area contributed by atoms with E-state index >= 15 is 0 Å². The van der Waals surface area contributed by atoms with Gasteiger partial charge in [0, 0.05) is 11.0 Å². The van der Waals surface area contributed by atoms with Crippen LogP contribution in [0, 0.1) is 12.3 Å². The molecule has 2 rings (SSSR count). The van der Waals surface area contributed by atoms with Crippen molar-refractivity contribution >= 4 is 5.78 Å². The van der Waals surface area contributed by atoms with E-state index in [1.807, 2.05) is 33.8 Å². The lowest BCUT2D eigenvalue weighted by atomic mass is 9.84. The van der Waals surface area contributed by atoms with E-state index in [4.69, 9.17) is 0 Å². The molecule has 1 heteroatoms. The van der Waals surface area contributed by atoms with Gasteiger partial charge < -0.3 is 0 Å². The highest BCUT2D eigenvalue weighted by Gasteiger charge is 2.27. The average Bonchev–Trinajstić information content (AvgIpc) is 2.98. The van der Waals surface area contributed by atoms with Crippen molar-refractivity contribution < 1.29 is 4.79 Å². The fourth-order valence-electron chi connectivity index (χ4n) is 2.02. The molecule has 0 atom stereocenters. The van der Waals surface area contributed by atoms with Gasteiger partial charge in [-0.15, -0.1) is 0 Å². The number of carbonyl (C=O) groups is 1. The highest BCUT2D eigenvalue weighted by molar-refractivity contribution is 6.01. The van der Waals surface area contributed by atoms with Crippen molar-refractivity contribution in [3.8, 4) is 0 Å². The summed E-state index contributed by atoms with van der Waals surface area (Å²) in [5.41, 5.74) is 3.13. The van der Waals surface area contributed by atoms with Gasteiger partial charge in [0.15, 0.2) is 5.78 Å². The monoisotopic (exact) mass is 216 g/mol. The number of rotatable bonds is 2. The van der Waals surface area contributed by atoms with E-state index in [2.05, 4.69) is 12.1 Å². The maximum absolute atomic E-state index is 12.2. The van der Waals surface area contributed by atoms with E-state index in [0.717, 1.165) is 17.0 Å². The fourth-order valence-corrected chi connectivity index (χ4v) is 2.02. The summed E-state index contributed by atoms with van der Waals surface area (Å²) >= 11 is 0. The molecule has 0 aromatic heterocycles. The molecule has 0 amide bonds. The Kier molecular flexibility index (Phi) is 2.65. The zero-order valence-corrected chi connectivity index (χ0v) is 10.6. The Hall–Kier alpha value is -1.11. The molecular weight excluding hydrogens is 196 g/mol. The zero-order valence-electron chi connectivity index (χ0n) is 10.6. The number of hydrogen-bond acceptors (Lipinski definition) is 1. The van der Waals surface area contributed by atoms with Crippen LogP contribution in [0.1, 0.15) is 61.0 Å². The summed E-state index contributed by atoms with van der Waals surface area (Å²) in [6, 6.07) is 6.33. The Morgan fingerprint density at radius 2 is 1.88 bits per heavy atom. The minimum atomic E-state index is -0.286. The molecule has 0 saturated heterocycles. The molecule has 1 saturated carbocycles. The molecule has 0 N–H and O–H groups in total. The molecule has 0 radical (unpaired) electrons. The van der Waals surface area contributed by atoms with Gasteiger partial charge in [0.1, 0.15) is 0 Å². The van der Waals surface area contributed by atoms with Crippen LogP contribution >= 0.6 is 0 Å². The first-order valence-electron chi connectivity index (χ1n) is 6.05. The average molecular weight is 216 g/mol. The number of aryl methyl sites for hydroxylation is 1. The Morgan fingerprint density at radius 1 is 1.25 bits per heavy atom. The smallest absolute Gasteiger partial charge is 0.168 e. The molecule has 0 bridgehead atoms. The summed E-state index contributed by atoms with van der Waals surface area (Å²) in [7, 11) is 0. The molecule has 1 nitrogen and oxygen atoms in total. The van der Waals surface area contributed by atoms with E-state index in [-0.39, 0.29) is 11.2 Å². The van der Waals surface area contributed by atoms with E-state index in [1.165, 1.54) is 18.4 Å². The number of ketones is 1. The van der Waals surface area contributed by atoms with Crippen LogP contribution in [0.2, 0.25) is 0 Å². The third-order valence-corrected chi connectivity index (χ3v) is 3.23. The van der Waals surface area contributed by atoms with E-state index in [9.17, 15) is 4.79 Å². The molecular formula is C15H20O. The molecule has 1 aliphatic carbocycles. The van der Waals surface area contributed by atoms with Crippen LogP contribution < -0.4 is 0 Å². The Morgan fingerprint density at radius 3 is 2.31 bits per heavy atom. The molecule has 16 heavy (non-hydrogen) atoms. The van der Waals surface area contributed by atoms with Gasteiger partial charge in [0.05, 0.1) is 0 Å². The molecule has 0 unspecified atom stereocenters. The second-order valence-corrected chi connectivity index (χ2v) is 5.93. The SMILES string of the molecule is Cc1cc(C2CC2)ccc1C(=O)C(C)(C)C. The van der Waals surface area contributed by atoms with Crippen molar-refractivity contribution in [2.24, 2.45) is 5.41 Å². The summed E-state index contributed by atoms with van der Waals surface area (Å²) in [6.07, 6.45) is 2.62. The van der Waals surface area contributed by atoms with Crippen LogP contribution in [0.15, 0.2) is 18.2 Å². The topological polar surface area (TPSA) is 17.1 Å². The zero-order chi connectivity index (χ0) is 11.9. The fraction of sp³-hybridized carbons (Fsp3) is 0.533. The summed E-state index contributed by atoms with van der Waals surface area (Å²) in [5, 5.41) is 0. The highest BCUT2D eigenvalue weighted by Crippen LogP contribution is 2.40. The molecule has 0 aliphatic heterocycles. The molecule has 0 heterocycles. The van der Waals surface area contributed by atoms with Crippen LogP contribution in [-0.4, -0.2) is 5.78 Å². The molecule has 86 valence electrons. The second kappa shape index (κ2) is 3.73. The summed E-state index contributed by atoms with van der Waals surface area (Å²) < 4.78 is 0. The minimum absolute atomic E-state index is 0.243. The molecule has 0 spiro atoms. The van der Waals surface area contributed by atoms with Gasteiger partial charge in [-0.3, -0.25) is 4.79 Å². The molecule has 1 fully saturated rings. The summed E-state index contributed by atoms with van der Waals surface area (Å²) in [5.74, 6) is 1.00. The first-order chi connectivity index (χ1) is 7.39. The van der Waals surface area contributed by atoms with Crippen LogP contribution in [0.25, 0.3) is 0 Å². The largest absolute Gasteiger partial charge is 0.294 e. The normalized spacial score (nSPS) is 16.2. The van der Waals surface area contributed by atoms with Gasteiger partial charge in [-0.2, -0.15) is 0 Å². The summed E-state index contributed by atoms with van der Waals surface area (Å²) in [4.78, 5) is 12.2. The van der Waals surface area contributed by atoms with Crippen molar-refractivity contribution in [3.63, 3.8) is 0 Å². The van der Waals surface area contributed by atoms with E-state index < -0.39 is 0 Å². The van der Waals surface area contributed by atoms with Crippen molar-refractivity contribution in [1.82, 2.24) is 0 Å². The van der Waals surface area contributed by atoms with Crippen molar-refractivity contribution in [2.75, 3.05) is 0 Å². The predicted molar refractivity (Wildman–Crippen MR) is 66.9 cm³/mol. The minimum Gasteiger partial charge on any atom is -0.294 e. The van der Waals surface area contributed by atoms with Crippen LogP contribution in [-0.2, 0) is 0 Å². The molecule has 1 aromatic carbocycles. The second-order valence-electron chi connectivity index (χ2n) is 5.93. The Labute approximate surface area is 97.9 Å². The van der Waals surface area contributed by atoms with Crippen LogP contribution in [0.3, 0.4) is 0 Å². The Bertz CT molecular complexity index is 420. The predicted octanol–water partition coefficient (Wildman–Crippen LogP) is 4.10. The maximum Gasteiger partial charge on any atom is 0.168 e. The first kappa shape index (κ1) is 11.4. The molecule has 1 aliphatic rings. The van der Waals surface area contributed by atoms with Gasteiger partial charge in [0.25, 0.3) is 0 Å². The Balaban J connectivity index is 2.32. The standard InChI is InChI=1S/C15H20O/c1-10-9-12(11-5-6-11)7-8-13(10)14(16)15(2,3)4/h7-9,11H,5-6H2,1-4H3. The van der Waals surface area contributed by atoms with E-state index in [0.29, 0.717) is 0 Å². The highest BCUT2D eigenvalue weighted by atomic mass is 16.1. The van der Waals surface area contributed by atoms with Gasteiger partial charge in [-0.25, -0.2) is 0 Å².